The Morgan fingerprint density at radius 3 is 2.40 bits per heavy atom. The van der Waals surface area contributed by atoms with Gasteiger partial charge in [0.15, 0.2) is 0 Å². The molecule has 2 aliphatic rings. The molecule has 2 aliphatic heterocycles. The number of nitrogens with zero attached hydrogens (tertiary/aromatic N) is 5. The highest BCUT2D eigenvalue weighted by Crippen LogP contribution is 2.20. The fourth-order valence-electron chi connectivity index (χ4n) is 3.91. The molecule has 138 valence electrons. The predicted molar refractivity (Wildman–Crippen MR) is 95.1 cm³/mol. The van der Waals surface area contributed by atoms with Gasteiger partial charge in [-0.1, -0.05) is 0 Å². The Hall–Kier alpha value is -1.89. The molecule has 0 N–H and O–H groups in total. The van der Waals surface area contributed by atoms with Gasteiger partial charge in [0.1, 0.15) is 0 Å². The molecule has 0 bridgehead atoms. The summed E-state index contributed by atoms with van der Waals surface area (Å²) in [7, 11) is 0. The molecule has 1 aromatic heterocycles. The quantitative estimate of drug-likeness (QED) is 0.803. The Kier molecular flexibility index (Phi) is 5.42. The Balaban J connectivity index is 1.54. The summed E-state index contributed by atoms with van der Waals surface area (Å²) in [5.41, 5.74) is 2.22. The van der Waals surface area contributed by atoms with Crippen molar-refractivity contribution in [3.8, 4) is 0 Å². The maximum absolute atomic E-state index is 12.7. The number of piperazine rings is 1. The van der Waals surface area contributed by atoms with E-state index < -0.39 is 0 Å². The van der Waals surface area contributed by atoms with E-state index in [4.69, 9.17) is 0 Å². The highest BCUT2D eigenvalue weighted by Gasteiger charge is 2.30. The maximum Gasteiger partial charge on any atom is 0.236 e. The molecule has 7 heteroatoms. The van der Waals surface area contributed by atoms with Gasteiger partial charge in [-0.25, -0.2) is 0 Å². The number of aromatic nitrogens is 2. The van der Waals surface area contributed by atoms with Crippen LogP contribution < -0.4 is 0 Å². The lowest BCUT2D eigenvalue weighted by Crippen LogP contribution is -2.52. The van der Waals surface area contributed by atoms with Crippen LogP contribution in [0.4, 0.5) is 0 Å². The van der Waals surface area contributed by atoms with Gasteiger partial charge < -0.3 is 9.80 Å². The lowest BCUT2D eigenvalue weighted by atomic mass is 10.2. The topological polar surface area (TPSA) is 61.7 Å². The van der Waals surface area contributed by atoms with Crippen molar-refractivity contribution in [1.82, 2.24) is 24.5 Å². The molecule has 3 heterocycles. The molecule has 2 fully saturated rings. The van der Waals surface area contributed by atoms with E-state index in [0.717, 1.165) is 31.6 Å². The average Bonchev–Trinajstić information content (AvgIpc) is 3.14. The van der Waals surface area contributed by atoms with Crippen molar-refractivity contribution in [3.05, 3.63) is 17.5 Å². The van der Waals surface area contributed by atoms with Gasteiger partial charge in [0.25, 0.3) is 0 Å². The third kappa shape index (κ3) is 4.21. The standard InChI is InChI=1S/C18H29N5O2/c1-14-11-15(2)23(19-14)12-17-5-4-6-22(17)13-18(25)21-9-7-20(8-10-21)16(3)24/h11,17H,4-10,12-13H2,1-3H3/t17-/m1/s1. The van der Waals surface area contributed by atoms with Crippen molar-refractivity contribution >= 4 is 11.8 Å². The van der Waals surface area contributed by atoms with Gasteiger partial charge in [0, 0.05) is 44.8 Å². The van der Waals surface area contributed by atoms with Gasteiger partial charge in [0.2, 0.25) is 11.8 Å². The Labute approximate surface area is 149 Å². The van der Waals surface area contributed by atoms with E-state index in [1.807, 2.05) is 16.7 Å². The second-order valence-corrected chi connectivity index (χ2v) is 7.26. The van der Waals surface area contributed by atoms with Crippen LogP contribution in [-0.4, -0.2) is 81.6 Å². The highest BCUT2D eigenvalue weighted by atomic mass is 16.2. The number of hydrogen-bond donors (Lipinski definition) is 0. The van der Waals surface area contributed by atoms with Crippen LogP contribution in [0.15, 0.2) is 6.07 Å². The van der Waals surface area contributed by atoms with Crippen molar-refractivity contribution in [1.29, 1.82) is 0 Å². The maximum atomic E-state index is 12.7. The van der Waals surface area contributed by atoms with Gasteiger partial charge in [-0.05, 0) is 39.3 Å². The summed E-state index contributed by atoms with van der Waals surface area (Å²) in [6.45, 7) is 10.6. The summed E-state index contributed by atoms with van der Waals surface area (Å²) in [6, 6.07) is 2.47. The second kappa shape index (κ2) is 7.56. The van der Waals surface area contributed by atoms with E-state index in [2.05, 4.69) is 27.7 Å². The normalized spacial score (nSPS) is 21.8. The minimum absolute atomic E-state index is 0.0941. The molecule has 0 saturated carbocycles. The van der Waals surface area contributed by atoms with E-state index in [-0.39, 0.29) is 11.8 Å². The zero-order valence-electron chi connectivity index (χ0n) is 15.6. The SMILES string of the molecule is CC(=O)N1CCN(C(=O)CN2CCC[C@@H]2Cn2nc(C)cc2C)CC1. The van der Waals surface area contributed by atoms with Crippen molar-refractivity contribution in [2.75, 3.05) is 39.3 Å². The minimum atomic E-state index is 0.0941. The van der Waals surface area contributed by atoms with Crippen LogP contribution in [0.1, 0.15) is 31.2 Å². The monoisotopic (exact) mass is 347 g/mol. The fraction of sp³-hybridized carbons (Fsp3) is 0.722. The van der Waals surface area contributed by atoms with Crippen LogP contribution in [0.3, 0.4) is 0 Å². The van der Waals surface area contributed by atoms with Gasteiger partial charge in [-0.3, -0.25) is 19.2 Å². The van der Waals surface area contributed by atoms with Crippen molar-refractivity contribution in [2.45, 2.75) is 46.2 Å². The number of carbonyl (C=O) groups is 2. The van der Waals surface area contributed by atoms with Gasteiger partial charge >= 0.3 is 0 Å². The molecule has 1 aromatic rings. The van der Waals surface area contributed by atoms with Gasteiger partial charge in [-0.2, -0.15) is 5.10 Å². The largest absolute Gasteiger partial charge is 0.339 e. The summed E-state index contributed by atoms with van der Waals surface area (Å²) in [6.07, 6.45) is 2.25. The van der Waals surface area contributed by atoms with Crippen LogP contribution in [0, 0.1) is 13.8 Å². The van der Waals surface area contributed by atoms with Crippen LogP contribution in [0.2, 0.25) is 0 Å². The first-order chi connectivity index (χ1) is 11.9. The first-order valence-electron chi connectivity index (χ1n) is 9.22. The van der Waals surface area contributed by atoms with Crippen LogP contribution in [0.25, 0.3) is 0 Å². The predicted octanol–water partition coefficient (Wildman–Crippen LogP) is 0.655. The molecule has 25 heavy (non-hydrogen) atoms. The molecule has 0 radical (unpaired) electrons. The molecular formula is C18H29N5O2. The number of aryl methyl sites for hydroxylation is 2. The lowest BCUT2D eigenvalue weighted by molar-refractivity contribution is -0.139. The van der Waals surface area contributed by atoms with Crippen molar-refractivity contribution in [2.24, 2.45) is 0 Å². The summed E-state index contributed by atoms with van der Waals surface area (Å²) in [5.74, 6) is 0.278. The third-order valence-corrected chi connectivity index (χ3v) is 5.40. The number of likely N-dealkylation sites (tertiary alicyclic amines) is 1. The first kappa shape index (κ1) is 17.9. The summed E-state index contributed by atoms with van der Waals surface area (Å²) >= 11 is 0. The first-order valence-corrected chi connectivity index (χ1v) is 9.22. The second-order valence-electron chi connectivity index (χ2n) is 7.26. The van der Waals surface area contributed by atoms with Gasteiger partial charge in [0.05, 0.1) is 18.8 Å². The third-order valence-electron chi connectivity index (χ3n) is 5.40. The smallest absolute Gasteiger partial charge is 0.236 e. The molecule has 0 aliphatic carbocycles. The van der Waals surface area contributed by atoms with E-state index in [1.165, 1.54) is 5.69 Å². The van der Waals surface area contributed by atoms with Crippen LogP contribution in [0.5, 0.6) is 0 Å². The number of carbonyl (C=O) groups excluding carboxylic acids is 2. The van der Waals surface area contributed by atoms with Crippen LogP contribution >= 0.6 is 0 Å². The Bertz CT molecular complexity index is 633. The minimum Gasteiger partial charge on any atom is -0.339 e. The fourth-order valence-corrected chi connectivity index (χ4v) is 3.91. The molecule has 0 spiro atoms. The highest BCUT2D eigenvalue weighted by molar-refractivity contribution is 5.79. The van der Waals surface area contributed by atoms with E-state index >= 15 is 0 Å². The van der Waals surface area contributed by atoms with E-state index in [1.54, 1.807) is 6.92 Å². The molecule has 1 atom stereocenters. The summed E-state index contributed by atoms with van der Waals surface area (Å²) in [4.78, 5) is 30.1. The molecule has 3 rings (SSSR count). The zero-order valence-corrected chi connectivity index (χ0v) is 15.6. The molecule has 2 saturated heterocycles. The summed E-state index contributed by atoms with van der Waals surface area (Å²) < 4.78 is 2.06. The van der Waals surface area contributed by atoms with Crippen LogP contribution in [-0.2, 0) is 16.1 Å². The molecule has 7 nitrogen and oxygen atoms in total. The van der Waals surface area contributed by atoms with Gasteiger partial charge in [-0.15, -0.1) is 0 Å². The number of rotatable bonds is 4. The molecule has 0 unspecified atom stereocenters. The molecule has 0 aromatic carbocycles. The zero-order chi connectivity index (χ0) is 18.0. The lowest BCUT2D eigenvalue weighted by Gasteiger charge is -2.35. The van der Waals surface area contributed by atoms with Crippen molar-refractivity contribution in [3.63, 3.8) is 0 Å². The van der Waals surface area contributed by atoms with Crippen molar-refractivity contribution < 1.29 is 9.59 Å². The number of hydrogen-bond acceptors (Lipinski definition) is 4. The Morgan fingerprint density at radius 2 is 1.80 bits per heavy atom. The number of amides is 2. The van der Waals surface area contributed by atoms with E-state index in [9.17, 15) is 9.59 Å². The summed E-state index contributed by atoms with van der Waals surface area (Å²) in [5, 5.41) is 4.56. The molecular weight excluding hydrogens is 318 g/mol. The Morgan fingerprint density at radius 1 is 1.12 bits per heavy atom. The van der Waals surface area contributed by atoms with E-state index in [0.29, 0.717) is 38.8 Å². The molecule has 2 amide bonds. The average molecular weight is 347 g/mol.